The van der Waals surface area contributed by atoms with Crippen molar-refractivity contribution in [3.8, 4) is 12.3 Å². The lowest BCUT2D eigenvalue weighted by Crippen LogP contribution is -2.41. The highest BCUT2D eigenvalue weighted by molar-refractivity contribution is 4.90. The smallest absolute Gasteiger partial charge is 0.0599 e. The molecule has 0 atom stereocenters. The zero-order chi connectivity index (χ0) is 11.3. The molecule has 0 amide bonds. The molecule has 0 aromatic heterocycles. The van der Waals surface area contributed by atoms with Crippen LogP contribution < -0.4 is 5.32 Å². The Bertz CT molecular complexity index is 223. The summed E-state index contributed by atoms with van der Waals surface area (Å²) in [7, 11) is 0. The molecule has 0 bridgehead atoms. The van der Waals surface area contributed by atoms with Crippen LogP contribution >= 0.6 is 0 Å². The predicted octanol–water partition coefficient (Wildman–Crippen LogP) is 1.72. The summed E-state index contributed by atoms with van der Waals surface area (Å²) in [6.45, 7) is 10.8. The molecule has 0 heterocycles. The van der Waals surface area contributed by atoms with E-state index < -0.39 is 0 Å². The van der Waals surface area contributed by atoms with Gasteiger partial charge in [0.15, 0.2) is 0 Å². The van der Waals surface area contributed by atoms with Crippen LogP contribution in [0.4, 0.5) is 0 Å². The maximum absolute atomic E-state index is 5.35. The SMILES string of the molecule is C#CCN(CC)CC(C)(C)CNC1CC1. The molecule has 2 nitrogen and oxygen atoms in total. The number of nitrogens with one attached hydrogen (secondary N) is 1. The zero-order valence-electron chi connectivity index (χ0n) is 10.3. The van der Waals surface area contributed by atoms with Gasteiger partial charge in [0.1, 0.15) is 0 Å². The van der Waals surface area contributed by atoms with Gasteiger partial charge in [-0.25, -0.2) is 0 Å². The maximum Gasteiger partial charge on any atom is 0.0599 e. The molecule has 1 aliphatic carbocycles. The molecule has 1 aliphatic rings. The molecule has 1 saturated carbocycles. The summed E-state index contributed by atoms with van der Waals surface area (Å²) < 4.78 is 0. The monoisotopic (exact) mass is 208 g/mol. The lowest BCUT2D eigenvalue weighted by Gasteiger charge is -2.31. The number of hydrogen-bond acceptors (Lipinski definition) is 2. The molecule has 0 unspecified atom stereocenters. The Kier molecular flexibility index (Phi) is 4.63. The molecule has 1 fully saturated rings. The highest BCUT2D eigenvalue weighted by Gasteiger charge is 2.26. The largest absolute Gasteiger partial charge is 0.313 e. The summed E-state index contributed by atoms with van der Waals surface area (Å²) in [6, 6.07) is 0.798. The predicted molar refractivity (Wildman–Crippen MR) is 65.8 cm³/mol. The minimum absolute atomic E-state index is 0.315. The van der Waals surface area contributed by atoms with Crippen molar-refractivity contribution in [2.24, 2.45) is 5.41 Å². The van der Waals surface area contributed by atoms with E-state index in [2.05, 4.69) is 36.9 Å². The lowest BCUT2D eigenvalue weighted by atomic mass is 9.92. The van der Waals surface area contributed by atoms with E-state index in [4.69, 9.17) is 6.42 Å². The summed E-state index contributed by atoms with van der Waals surface area (Å²) in [5.41, 5.74) is 0.315. The second kappa shape index (κ2) is 5.53. The number of hydrogen-bond donors (Lipinski definition) is 1. The van der Waals surface area contributed by atoms with Gasteiger partial charge in [0, 0.05) is 19.1 Å². The molecule has 1 N–H and O–H groups in total. The third kappa shape index (κ3) is 5.20. The Balaban J connectivity index is 2.27. The summed E-state index contributed by atoms with van der Waals surface area (Å²) in [6.07, 6.45) is 8.07. The number of terminal acetylenes is 1. The third-order valence-electron chi connectivity index (χ3n) is 2.86. The number of rotatable bonds is 7. The van der Waals surface area contributed by atoms with Crippen molar-refractivity contribution in [3.63, 3.8) is 0 Å². The molecule has 0 radical (unpaired) electrons. The van der Waals surface area contributed by atoms with E-state index in [9.17, 15) is 0 Å². The van der Waals surface area contributed by atoms with Gasteiger partial charge in [-0.05, 0) is 24.8 Å². The minimum Gasteiger partial charge on any atom is -0.313 e. The second-order valence-electron chi connectivity index (χ2n) is 5.33. The Labute approximate surface area is 94.4 Å². The number of nitrogens with zero attached hydrogens (tertiary/aromatic N) is 1. The molecule has 86 valence electrons. The summed E-state index contributed by atoms with van der Waals surface area (Å²) in [4.78, 5) is 2.33. The van der Waals surface area contributed by atoms with Gasteiger partial charge in [-0.15, -0.1) is 6.42 Å². The van der Waals surface area contributed by atoms with Gasteiger partial charge in [0.2, 0.25) is 0 Å². The van der Waals surface area contributed by atoms with Crippen LogP contribution in [0.5, 0.6) is 0 Å². The van der Waals surface area contributed by atoms with Gasteiger partial charge >= 0.3 is 0 Å². The average molecular weight is 208 g/mol. The van der Waals surface area contributed by atoms with E-state index in [-0.39, 0.29) is 0 Å². The Morgan fingerprint density at radius 1 is 1.47 bits per heavy atom. The van der Waals surface area contributed by atoms with Gasteiger partial charge in [-0.3, -0.25) is 4.90 Å². The molecule has 1 rings (SSSR count). The summed E-state index contributed by atoms with van der Waals surface area (Å²) in [5.74, 6) is 2.72. The standard InChI is InChI=1S/C13H24N2/c1-5-9-15(6-2)11-13(3,4)10-14-12-7-8-12/h1,12,14H,6-11H2,2-4H3. The van der Waals surface area contributed by atoms with Crippen molar-refractivity contribution in [2.75, 3.05) is 26.2 Å². The Hall–Kier alpha value is -0.520. The van der Waals surface area contributed by atoms with E-state index in [1.165, 1.54) is 12.8 Å². The molecule has 0 aromatic carbocycles. The van der Waals surface area contributed by atoms with Crippen LogP contribution in [0, 0.1) is 17.8 Å². The normalized spacial score (nSPS) is 16.7. The van der Waals surface area contributed by atoms with E-state index >= 15 is 0 Å². The average Bonchev–Trinajstić information content (AvgIpc) is 2.97. The van der Waals surface area contributed by atoms with Crippen molar-refractivity contribution >= 4 is 0 Å². The van der Waals surface area contributed by atoms with Gasteiger partial charge in [-0.1, -0.05) is 26.7 Å². The lowest BCUT2D eigenvalue weighted by molar-refractivity contribution is 0.197. The van der Waals surface area contributed by atoms with E-state index in [0.29, 0.717) is 5.41 Å². The van der Waals surface area contributed by atoms with Gasteiger partial charge in [0.05, 0.1) is 6.54 Å². The highest BCUT2D eigenvalue weighted by atomic mass is 15.1. The van der Waals surface area contributed by atoms with Crippen LogP contribution in [-0.2, 0) is 0 Å². The quantitative estimate of drug-likeness (QED) is 0.641. The fourth-order valence-corrected chi connectivity index (χ4v) is 1.78. The van der Waals surface area contributed by atoms with Crippen molar-refractivity contribution in [1.82, 2.24) is 10.2 Å². The molecular formula is C13H24N2. The van der Waals surface area contributed by atoms with Crippen LogP contribution in [0.25, 0.3) is 0 Å². The van der Waals surface area contributed by atoms with Crippen LogP contribution in [0.1, 0.15) is 33.6 Å². The van der Waals surface area contributed by atoms with Crippen LogP contribution in [0.15, 0.2) is 0 Å². The first-order valence-corrected chi connectivity index (χ1v) is 5.96. The fourth-order valence-electron chi connectivity index (χ4n) is 1.78. The molecule has 15 heavy (non-hydrogen) atoms. The van der Waals surface area contributed by atoms with E-state index in [1.54, 1.807) is 0 Å². The first kappa shape index (κ1) is 12.5. The molecular weight excluding hydrogens is 184 g/mol. The third-order valence-corrected chi connectivity index (χ3v) is 2.86. The first-order chi connectivity index (χ1) is 7.07. The Morgan fingerprint density at radius 3 is 2.60 bits per heavy atom. The van der Waals surface area contributed by atoms with Crippen molar-refractivity contribution in [1.29, 1.82) is 0 Å². The second-order valence-corrected chi connectivity index (χ2v) is 5.33. The highest BCUT2D eigenvalue weighted by Crippen LogP contribution is 2.22. The van der Waals surface area contributed by atoms with Crippen molar-refractivity contribution < 1.29 is 0 Å². The van der Waals surface area contributed by atoms with E-state index in [0.717, 1.165) is 32.2 Å². The Morgan fingerprint density at radius 2 is 2.13 bits per heavy atom. The van der Waals surface area contributed by atoms with Crippen LogP contribution in [0.2, 0.25) is 0 Å². The van der Waals surface area contributed by atoms with Crippen molar-refractivity contribution in [2.45, 2.75) is 39.7 Å². The van der Waals surface area contributed by atoms with Gasteiger partial charge in [0.25, 0.3) is 0 Å². The molecule has 0 spiro atoms. The van der Waals surface area contributed by atoms with Crippen LogP contribution in [-0.4, -0.2) is 37.1 Å². The molecule has 0 saturated heterocycles. The first-order valence-electron chi connectivity index (χ1n) is 5.96. The fraction of sp³-hybridized carbons (Fsp3) is 0.846. The summed E-state index contributed by atoms with van der Waals surface area (Å²) in [5, 5.41) is 3.59. The zero-order valence-corrected chi connectivity index (χ0v) is 10.3. The van der Waals surface area contributed by atoms with Gasteiger partial charge in [-0.2, -0.15) is 0 Å². The maximum atomic E-state index is 5.35. The minimum atomic E-state index is 0.315. The van der Waals surface area contributed by atoms with E-state index in [1.807, 2.05) is 0 Å². The van der Waals surface area contributed by atoms with Crippen LogP contribution in [0.3, 0.4) is 0 Å². The topological polar surface area (TPSA) is 15.3 Å². The van der Waals surface area contributed by atoms with Gasteiger partial charge < -0.3 is 5.32 Å². The van der Waals surface area contributed by atoms with Crippen molar-refractivity contribution in [3.05, 3.63) is 0 Å². The molecule has 2 heteroatoms. The molecule has 0 aromatic rings. The molecule has 0 aliphatic heterocycles. The summed E-state index contributed by atoms with van der Waals surface area (Å²) >= 11 is 0.